The summed E-state index contributed by atoms with van der Waals surface area (Å²) >= 11 is 0. The molecule has 0 saturated carbocycles. The van der Waals surface area contributed by atoms with Crippen LogP contribution in [0.15, 0.2) is 24.5 Å². The first-order valence-corrected chi connectivity index (χ1v) is 7.76. The number of pyridine rings is 1. The summed E-state index contributed by atoms with van der Waals surface area (Å²) in [5.74, 6) is 0.106. The van der Waals surface area contributed by atoms with E-state index in [1.807, 2.05) is 19.1 Å². The minimum Gasteiger partial charge on any atom is -0.328 e. The molecule has 1 atom stereocenters. The van der Waals surface area contributed by atoms with Crippen molar-refractivity contribution in [3.63, 3.8) is 0 Å². The van der Waals surface area contributed by atoms with E-state index in [2.05, 4.69) is 9.71 Å². The maximum absolute atomic E-state index is 11.7. The average Bonchev–Trinajstić information content (AvgIpc) is 2.34. The van der Waals surface area contributed by atoms with E-state index in [0.29, 0.717) is 13.0 Å². The Morgan fingerprint density at radius 1 is 1.39 bits per heavy atom. The molecule has 0 aliphatic carbocycles. The molecule has 0 fully saturated rings. The average molecular weight is 271 g/mol. The molecule has 0 aromatic carbocycles. The van der Waals surface area contributed by atoms with Crippen molar-refractivity contribution in [1.29, 1.82) is 0 Å². The predicted molar refractivity (Wildman–Crippen MR) is 72.6 cm³/mol. The fourth-order valence-electron chi connectivity index (χ4n) is 1.53. The molecule has 3 N–H and O–H groups in total. The van der Waals surface area contributed by atoms with Crippen molar-refractivity contribution in [3.05, 3.63) is 30.1 Å². The molecule has 0 saturated heterocycles. The van der Waals surface area contributed by atoms with Crippen LogP contribution < -0.4 is 10.5 Å². The molecule has 102 valence electrons. The molecule has 0 spiro atoms. The lowest BCUT2D eigenvalue weighted by Gasteiger charge is -2.08. The molecule has 1 rings (SSSR count). The van der Waals surface area contributed by atoms with Crippen molar-refractivity contribution < 1.29 is 8.42 Å². The van der Waals surface area contributed by atoms with E-state index < -0.39 is 10.0 Å². The van der Waals surface area contributed by atoms with Gasteiger partial charge in [-0.1, -0.05) is 0 Å². The zero-order valence-electron chi connectivity index (χ0n) is 10.7. The van der Waals surface area contributed by atoms with Gasteiger partial charge in [-0.25, -0.2) is 13.1 Å². The van der Waals surface area contributed by atoms with Crippen molar-refractivity contribution >= 4 is 10.0 Å². The second-order valence-electron chi connectivity index (χ2n) is 4.44. The lowest BCUT2D eigenvalue weighted by molar-refractivity contribution is 0.567. The van der Waals surface area contributed by atoms with Crippen LogP contribution >= 0.6 is 0 Å². The first-order valence-electron chi connectivity index (χ1n) is 6.11. The highest BCUT2D eigenvalue weighted by Crippen LogP contribution is 2.00. The highest BCUT2D eigenvalue weighted by atomic mass is 32.2. The number of sulfonamides is 1. The summed E-state index contributed by atoms with van der Waals surface area (Å²) in [6.45, 7) is 2.37. The number of rotatable bonds is 8. The van der Waals surface area contributed by atoms with Crippen molar-refractivity contribution in [2.45, 2.75) is 32.2 Å². The van der Waals surface area contributed by atoms with Crippen LogP contribution in [0.3, 0.4) is 0 Å². The maximum atomic E-state index is 11.7. The summed E-state index contributed by atoms with van der Waals surface area (Å²) in [5.41, 5.74) is 6.57. The highest BCUT2D eigenvalue weighted by molar-refractivity contribution is 7.89. The molecular formula is C12H21N3O2S. The smallest absolute Gasteiger partial charge is 0.211 e. The Bertz CT molecular complexity index is 432. The van der Waals surface area contributed by atoms with Gasteiger partial charge >= 0.3 is 0 Å². The number of hydrogen-bond acceptors (Lipinski definition) is 4. The number of hydrogen-bond donors (Lipinski definition) is 2. The lowest BCUT2D eigenvalue weighted by atomic mass is 10.2. The maximum Gasteiger partial charge on any atom is 0.211 e. The van der Waals surface area contributed by atoms with E-state index >= 15 is 0 Å². The number of nitrogens with zero attached hydrogens (tertiary/aromatic N) is 1. The summed E-state index contributed by atoms with van der Waals surface area (Å²) in [7, 11) is -3.19. The zero-order chi connectivity index (χ0) is 13.4. The third-order valence-electron chi connectivity index (χ3n) is 2.57. The van der Waals surface area contributed by atoms with Crippen LogP contribution in [0.1, 0.15) is 25.3 Å². The molecule has 6 heteroatoms. The van der Waals surface area contributed by atoms with Crippen molar-refractivity contribution in [2.75, 3.05) is 12.3 Å². The van der Waals surface area contributed by atoms with Crippen molar-refractivity contribution in [1.82, 2.24) is 9.71 Å². The first-order chi connectivity index (χ1) is 8.49. The molecular weight excluding hydrogens is 250 g/mol. The van der Waals surface area contributed by atoms with E-state index in [1.165, 1.54) is 0 Å². The van der Waals surface area contributed by atoms with Gasteiger partial charge in [-0.3, -0.25) is 4.98 Å². The summed E-state index contributed by atoms with van der Waals surface area (Å²) in [5, 5.41) is 0. The Morgan fingerprint density at radius 2 is 2.06 bits per heavy atom. The van der Waals surface area contributed by atoms with Gasteiger partial charge in [-0.2, -0.15) is 0 Å². The molecule has 1 aromatic heterocycles. The van der Waals surface area contributed by atoms with Crippen LogP contribution in [0, 0.1) is 0 Å². The fourth-order valence-corrected chi connectivity index (χ4v) is 2.63. The normalized spacial score (nSPS) is 13.4. The number of aryl methyl sites for hydroxylation is 1. The molecule has 0 bridgehead atoms. The van der Waals surface area contributed by atoms with E-state index in [9.17, 15) is 8.42 Å². The van der Waals surface area contributed by atoms with Gasteiger partial charge in [0.2, 0.25) is 10.0 Å². The van der Waals surface area contributed by atoms with Gasteiger partial charge in [0.05, 0.1) is 5.75 Å². The van der Waals surface area contributed by atoms with Crippen LogP contribution in [0.25, 0.3) is 0 Å². The molecule has 0 aliphatic rings. The Hall–Kier alpha value is -0.980. The second-order valence-corrected chi connectivity index (χ2v) is 6.36. The van der Waals surface area contributed by atoms with Crippen molar-refractivity contribution in [3.8, 4) is 0 Å². The van der Waals surface area contributed by atoms with Crippen LogP contribution in [0.2, 0.25) is 0 Å². The van der Waals surface area contributed by atoms with Gasteiger partial charge in [0.25, 0.3) is 0 Å². The molecule has 18 heavy (non-hydrogen) atoms. The number of aromatic nitrogens is 1. The quantitative estimate of drug-likeness (QED) is 0.681. The Kier molecular flexibility index (Phi) is 6.24. The lowest BCUT2D eigenvalue weighted by Crippen LogP contribution is -2.29. The Balaban J connectivity index is 2.28. The van der Waals surface area contributed by atoms with E-state index in [0.717, 1.165) is 18.4 Å². The standard InChI is InChI=1S/C12H21N3O2S/c1-11(13)3-2-7-15-18(16,17)10-6-12-4-8-14-9-5-12/h4-5,8-9,11,15H,2-3,6-7,10,13H2,1H3. The largest absolute Gasteiger partial charge is 0.328 e. The summed E-state index contributed by atoms with van der Waals surface area (Å²) in [6, 6.07) is 3.77. The van der Waals surface area contributed by atoms with Crippen LogP contribution in [0.4, 0.5) is 0 Å². The van der Waals surface area contributed by atoms with Gasteiger partial charge in [0, 0.05) is 25.0 Å². The Morgan fingerprint density at radius 3 is 2.67 bits per heavy atom. The monoisotopic (exact) mass is 271 g/mol. The van der Waals surface area contributed by atoms with Gasteiger partial charge < -0.3 is 5.73 Å². The van der Waals surface area contributed by atoms with Crippen LogP contribution in [-0.2, 0) is 16.4 Å². The molecule has 5 nitrogen and oxygen atoms in total. The van der Waals surface area contributed by atoms with Crippen LogP contribution in [0.5, 0.6) is 0 Å². The van der Waals surface area contributed by atoms with Gasteiger partial charge in [-0.15, -0.1) is 0 Å². The van der Waals surface area contributed by atoms with Gasteiger partial charge in [0.1, 0.15) is 0 Å². The minimum absolute atomic E-state index is 0.106. The molecule has 1 aromatic rings. The van der Waals surface area contributed by atoms with Crippen molar-refractivity contribution in [2.24, 2.45) is 5.73 Å². The molecule has 0 aliphatic heterocycles. The van der Waals surface area contributed by atoms with Gasteiger partial charge in [-0.05, 0) is 43.9 Å². The summed E-state index contributed by atoms with van der Waals surface area (Å²) in [6.07, 6.45) is 5.43. The van der Waals surface area contributed by atoms with E-state index in [-0.39, 0.29) is 11.8 Å². The second kappa shape index (κ2) is 7.45. The molecule has 1 heterocycles. The first kappa shape index (κ1) is 15.1. The fraction of sp³-hybridized carbons (Fsp3) is 0.583. The zero-order valence-corrected chi connectivity index (χ0v) is 11.5. The predicted octanol–water partition coefficient (Wildman–Crippen LogP) is 0.671. The molecule has 0 radical (unpaired) electrons. The SMILES string of the molecule is CC(N)CCCNS(=O)(=O)CCc1ccncc1. The Labute approximate surface area is 109 Å². The topological polar surface area (TPSA) is 85.1 Å². The number of nitrogens with one attached hydrogen (secondary N) is 1. The molecule has 0 amide bonds. The highest BCUT2D eigenvalue weighted by Gasteiger charge is 2.09. The van der Waals surface area contributed by atoms with E-state index in [4.69, 9.17) is 5.73 Å². The third kappa shape index (κ3) is 6.68. The van der Waals surface area contributed by atoms with E-state index in [1.54, 1.807) is 12.4 Å². The minimum atomic E-state index is -3.19. The number of nitrogens with two attached hydrogens (primary N) is 1. The van der Waals surface area contributed by atoms with Crippen LogP contribution in [-0.4, -0.2) is 31.7 Å². The summed E-state index contributed by atoms with van der Waals surface area (Å²) < 4.78 is 26.0. The third-order valence-corrected chi connectivity index (χ3v) is 3.95. The van der Waals surface area contributed by atoms with Gasteiger partial charge in [0.15, 0.2) is 0 Å². The molecule has 1 unspecified atom stereocenters. The summed E-state index contributed by atoms with van der Waals surface area (Å²) in [4.78, 5) is 3.89.